The molecule has 172 valence electrons. The van der Waals surface area contributed by atoms with Gasteiger partial charge in [0, 0.05) is 44.4 Å². The third-order valence-corrected chi connectivity index (χ3v) is 7.69. The molecule has 2 rings (SSSR count). The number of carbonyl (C=O) groups excluding carboxylic acids is 1. The molecule has 1 aromatic heterocycles. The van der Waals surface area contributed by atoms with Gasteiger partial charge in [0.05, 0.1) is 18.2 Å². The molecular weight excluding hydrogens is 514 g/mol. The number of halogens is 1. The van der Waals surface area contributed by atoms with Crippen LogP contribution in [0.4, 0.5) is 4.79 Å². The van der Waals surface area contributed by atoms with Gasteiger partial charge in [-0.25, -0.2) is 9.25 Å². The summed E-state index contributed by atoms with van der Waals surface area (Å²) >= 11 is 2.35. The SMILES string of the molecule is CN(CCN(C)C(=O)OC(C)(C)C)Cc1cn(PI)nc1C1CCC(C)(C)C(O)C1. The van der Waals surface area contributed by atoms with E-state index in [0.717, 1.165) is 38.0 Å². The number of aliphatic hydroxyl groups is 1. The van der Waals surface area contributed by atoms with Gasteiger partial charge in [-0.3, -0.25) is 0 Å². The van der Waals surface area contributed by atoms with E-state index in [1.54, 1.807) is 11.9 Å². The van der Waals surface area contributed by atoms with E-state index in [1.807, 2.05) is 25.2 Å². The summed E-state index contributed by atoms with van der Waals surface area (Å²) in [4.78, 5) is 16.0. The van der Waals surface area contributed by atoms with Crippen molar-refractivity contribution >= 4 is 34.5 Å². The van der Waals surface area contributed by atoms with E-state index >= 15 is 0 Å². The zero-order valence-corrected chi connectivity index (χ0v) is 22.6. The Morgan fingerprint density at radius 2 is 2.07 bits per heavy atom. The first-order chi connectivity index (χ1) is 13.8. The molecule has 30 heavy (non-hydrogen) atoms. The van der Waals surface area contributed by atoms with Crippen molar-refractivity contribution in [1.82, 2.24) is 19.4 Å². The Labute approximate surface area is 196 Å². The minimum atomic E-state index is -0.486. The molecule has 1 aromatic rings. The van der Waals surface area contributed by atoms with Crippen molar-refractivity contribution in [3.8, 4) is 0 Å². The van der Waals surface area contributed by atoms with Crippen LogP contribution in [0.2, 0.25) is 0 Å². The first-order valence-electron chi connectivity index (χ1n) is 10.6. The van der Waals surface area contributed by atoms with Gasteiger partial charge in [-0.15, -0.1) is 0 Å². The Kier molecular flexibility index (Phi) is 8.99. The van der Waals surface area contributed by atoms with Crippen molar-refractivity contribution in [2.75, 3.05) is 27.2 Å². The Balaban J connectivity index is 1.99. The first kappa shape index (κ1) is 25.8. The van der Waals surface area contributed by atoms with E-state index in [-0.39, 0.29) is 17.6 Å². The molecule has 1 N–H and O–H groups in total. The van der Waals surface area contributed by atoms with Gasteiger partial charge in [0.15, 0.2) is 0 Å². The standard InChI is InChI=1S/C21H38IN4O3P/c1-20(2,3)29-19(28)25(7)11-10-24(6)13-16-14-26(30-22)23-18(16)15-8-9-21(4,5)17(27)12-15/h14-15,17,27,30H,8-13H2,1-7H3. The second-order valence-corrected chi connectivity index (χ2v) is 12.3. The van der Waals surface area contributed by atoms with Crippen LogP contribution in [0.25, 0.3) is 0 Å². The molecule has 0 spiro atoms. The van der Waals surface area contributed by atoms with Crippen molar-refractivity contribution in [3.63, 3.8) is 0 Å². The van der Waals surface area contributed by atoms with Crippen LogP contribution in [0.3, 0.4) is 0 Å². The molecule has 1 fully saturated rings. The maximum Gasteiger partial charge on any atom is 0.410 e. The lowest BCUT2D eigenvalue weighted by Gasteiger charge is -2.39. The van der Waals surface area contributed by atoms with E-state index in [0.29, 0.717) is 18.8 Å². The third-order valence-electron chi connectivity index (χ3n) is 5.81. The lowest BCUT2D eigenvalue weighted by Crippen LogP contribution is -2.38. The molecule has 7 nitrogen and oxygen atoms in total. The lowest BCUT2D eigenvalue weighted by molar-refractivity contribution is 0.00460. The summed E-state index contributed by atoms with van der Waals surface area (Å²) in [5.41, 5.74) is 1.84. The maximum atomic E-state index is 12.2. The number of hydrogen-bond donors (Lipinski definition) is 1. The topological polar surface area (TPSA) is 70.8 Å². The summed E-state index contributed by atoms with van der Waals surface area (Å²) < 4.78 is 7.44. The molecule has 0 bridgehead atoms. The van der Waals surface area contributed by atoms with E-state index in [4.69, 9.17) is 9.84 Å². The second kappa shape index (κ2) is 10.5. The Hall–Kier alpha value is -0.440. The number of aromatic nitrogens is 2. The second-order valence-electron chi connectivity index (χ2n) is 10.2. The van der Waals surface area contributed by atoms with Crippen LogP contribution in [0.15, 0.2) is 6.20 Å². The molecular formula is C21H38IN4O3P. The number of rotatable bonds is 7. The van der Waals surface area contributed by atoms with Crippen LogP contribution in [0.1, 0.15) is 71.1 Å². The Morgan fingerprint density at radius 1 is 1.40 bits per heavy atom. The van der Waals surface area contributed by atoms with Crippen molar-refractivity contribution in [1.29, 1.82) is 0 Å². The fourth-order valence-electron chi connectivity index (χ4n) is 3.72. The highest BCUT2D eigenvalue weighted by molar-refractivity contribution is 14.2. The monoisotopic (exact) mass is 552 g/mol. The summed E-state index contributed by atoms with van der Waals surface area (Å²) in [6.07, 6.45) is 4.94. The van der Waals surface area contributed by atoms with E-state index in [9.17, 15) is 9.90 Å². The van der Waals surface area contributed by atoms with Crippen LogP contribution in [0.5, 0.6) is 0 Å². The normalized spacial score (nSPS) is 22.1. The van der Waals surface area contributed by atoms with Gasteiger partial charge >= 0.3 is 6.09 Å². The summed E-state index contributed by atoms with van der Waals surface area (Å²) in [7, 11) is 3.84. The average Bonchev–Trinajstić information content (AvgIpc) is 3.03. The molecule has 0 radical (unpaired) electrons. The number of aliphatic hydroxyl groups excluding tert-OH is 1. The van der Waals surface area contributed by atoms with Gasteiger partial charge in [0.2, 0.25) is 0 Å². The van der Waals surface area contributed by atoms with Crippen molar-refractivity contribution in [2.45, 2.75) is 78.0 Å². The van der Waals surface area contributed by atoms with Crippen LogP contribution in [0, 0.1) is 5.41 Å². The Bertz CT molecular complexity index is 720. The predicted molar refractivity (Wildman–Crippen MR) is 132 cm³/mol. The number of ether oxygens (including phenoxy) is 1. The van der Waals surface area contributed by atoms with Gasteiger partial charge in [-0.05, 0) is 74.5 Å². The Morgan fingerprint density at radius 3 is 2.63 bits per heavy atom. The molecule has 3 unspecified atom stereocenters. The van der Waals surface area contributed by atoms with Gasteiger partial charge in [0.1, 0.15) is 5.60 Å². The summed E-state index contributed by atoms with van der Waals surface area (Å²) in [5, 5.41) is 15.4. The van der Waals surface area contributed by atoms with E-state index in [1.165, 1.54) is 5.56 Å². The highest BCUT2D eigenvalue weighted by atomic mass is 127. The van der Waals surface area contributed by atoms with Crippen LogP contribution in [-0.2, 0) is 11.3 Å². The fourth-order valence-corrected chi connectivity index (χ4v) is 4.81. The molecule has 3 atom stereocenters. The lowest BCUT2D eigenvalue weighted by atomic mass is 9.70. The number of amides is 1. The van der Waals surface area contributed by atoms with Crippen LogP contribution in [-0.4, -0.2) is 69.4 Å². The summed E-state index contributed by atoms with van der Waals surface area (Å²) in [6, 6.07) is 0. The molecule has 1 heterocycles. The first-order valence-corrected chi connectivity index (χ1v) is 14.6. The van der Waals surface area contributed by atoms with Gasteiger partial charge in [-0.1, -0.05) is 13.8 Å². The molecule has 1 saturated carbocycles. The van der Waals surface area contributed by atoms with Crippen molar-refractivity contribution < 1.29 is 14.6 Å². The van der Waals surface area contributed by atoms with Gasteiger partial charge < -0.3 is 19.6 Å². The number of hydrogen-bond acceptors (Lipinski definition) is 5. The van der Waals surface area contributed by atoms with Crippen LogP contribution >= 0.6 is 28.4 Å². The molecule has 1 amide bonds. The van der Waals surface area contributed by atoms with Gasteiger partial charge in [0.25, 0.3) is 0 Å². The number of carbonyl (C=O) groups is 1. The van der Waals surface area contributed by atoms with E-state index < -0.39 is 5.60 Å². The van der Waals surface area contributed by atoms with E-state index in [2.05, 4.69) is 54.0 Å². The summed E-state index contributed by atoms with van der Waals surface area (Å²) in [6.45, 7) is 12.0. The molecule has 1 aliphatic rings. The molecule has 1 aliphatic carbocycles. The van der Waals surface area contributed by atoms with Crippen molar-refractivity contribution in [3.05, 3.63) is 17.5 Å². The molecule has 0 aliphatic heterocycles. The minimum Gasteiger partial charge on any atom is -0.444 e. The largest absolute Gasteiger partial charge is 0.444 e. The smallest absolute Gasteiger partial charge is 0.410 e. The molecule has 0 saturated heterocycles. The van der Waals surface area contributed by atoms with Crippen LogP contribution < -0.4 is 0 Å². The minimum absolute atomic E-state index is 0.0206. The average molecular weight is 552 g/mol. The van der Waals surface area contributed by atoms with Gasteiger partial charge in [-0.2, -0.15) is 5.10 Å². The number of likely N-dealkylation sites (N-methyl/N-ethyl adjacent to an activating group) is 2. The van der Waals surface area contributed by atoms with Crippen molar-refractivity contribution in [2.24, 2.45) is 5.41 Å². The quantitative estimate of drug-likeness (QED) is 0.395. The zero-order valence-electron chi connectivity index (χ0n) is 19.4. The summed E-state index contributed by atoms with van der Waals surface area (Å²) in [5.74, 6) is 0.301. The fraction of sp³-hybridized carbons (Fsp3) is 0.810. The highest BCUT2D eigenvalue weighted by Crippen LogP contribution is 2.43. The molecule has 0 aromatic carbocycles. The zero-order chi connectivity index (χ0) is 22.7. The highest BCUT2D eigenvalue weighted by Gasteiger charge is 2.37. The predicted octanol–water partition coefficient (Wildman–Crippen LogP) is 4.63. The third kappa shape index (κ3) is 7.31. The number of nitrogens with zero attached hydrogens (tertiary/aromatic N) is 4. The molecule has 9 heteroatoms. The maximum absolute atomic E-state index is 12.2.